The van der Waals surface area contributed by atoms with Gasteiger partial charge in [-0.2, -0.15) is 0 Å². The molecule has 2 aromatic heterocycles. The summed E-state index contributed by atoms with van der Waals surface area (Å²) in [6.07, 6.45) is 5.97. The van der Waals surface area contributed by atoms with E-state index < -0.39 is 10.0 Å². The summed E-state index contributed by atoms with van der Waals surface area (Å²) < 4.78 is 32.7. The summed E-state index contributed by atoms with van der Waals surface area (Å²) in [5, 5.41) is 0.920. The molecule has 0 radical (unpaired) electrons. The summed E-state index contributed by atoms with van der Waals surface area (Å²) in [7, 11) is -3.43. The Morgan fingerprint density at radius 1 is 1.48 bits per heavy atom. The molecule has 1 aliphatic rings. The average Bonchev–Trinajstić information content (AvgIpc) is 2.92. The molecule has 0 unspecified atom stereocenters. The van der Waals surface area contributed by atoms with Crippen LogP contribution in [0, 0.1) is 6.92 Å². The van der Waals surface area contributed by atoms with E-state index in [2.05, 4.69) is 14.7 Å². The minimum atomic E-state index is -3.43. The highest BCUT2D eigenvalue weighted by atomic mass is 32.2. The van der Waals surface area contributed by atoms with Gasteiger partial charge in [-0.15, -0.1) is 0 Å². The quantitative estimate of drug-likeness (QED) is 0.906. The molecule has 1 fully saturated rings. The predicted molar refractivity (Wildman–Crippen MR) is 81.8 cm³/mol. The summed E-state index contributed by atoms with van der Waals surface area (Å²) in [5.74, 6) is -0.00237. The van der Waals surface area contributed by atoms with E-state index in [1.54, 1.807) is 12.4 Å². The molecular formula is C14H19N3O3S. The number of hydrogen-bond acceptors (Lipinski definition) is 4. The van der Waals surface area contributed by atoms with Gasteiger partial charge in [-0.25, -0.2) is 13.4 Å². The van der Waals surface area contributed by atoms with Gasteiger partial charge in [0, 0.05) is 18.2 Å². The lowest BCUT2D eigenvalue weighted by Crippen LogP contribution is -2.31. The van der Waals surface area contributed by atoms with Gasteiger partial charge >= 0.3 is 0 Å². The van der Waals surface area contributed by atoms with Crippen molar-refractivity contribution in [2.75, 3.05) is 17.1 Å². The van der Waals surface area contributed by atoms with Gasteiger partial charge in [-0.1, -0.05) is 0 Å². The van der Waals surface area contributed by atoms with Crippen molar-refractivity contribution < 1.29 is 13.2 Å². The molecule has 6 nitrogen and oxygen atoms in total. The largest absolute Gasteiger partial charge is 0.377 e. The van der Waals surface area contributed by atoms with Crippen LogP contribution in [-0.4, -0.2) is 36.8 Å². The summed E-state index contributed by atoms with van der Waals surface area (Å²) in [6, 6.07) is 1.89. The van der Waals surface area contributed by atoms with E-state index in [0.717, 1.165) is 35.9 Å². The monoisotopic (exact) mass is 309 g/mol. The third kappa shape index (κ3) is 3.19. The van der Waals surface area contributed by atoms with Gasteiger partial charge in [0.05, 0.1) is 23.7 Å². The fraction of sp³-hybridized carbons (Fsp3) is 0.500. The number of H-pyrrole nitrogens is 1. The lowest BCUT2D eigenvalue weighted by Gasteiger charge is -2.22. The number of aryl methyl sites for hydroxylation is 1. The summed E-state index contributed by atoms with van der Waals surface area (Å²) in [6.45, 7) is 2.53. The van der Waals surface area contributed by atoms with Gasteiger partial charge in [-0.3, -0.25) is 4.72 Å². The average molecular weight is 309 g/mol. The zero-order valence-corrected chi connectivity index (χ0v) is 12.7. The molecular weight excluding hydrogens is 290 g/mol. The van der Waals surface area contributed by atoms with E-state index in [9.17, 15) is 8.42 Å². The summed E-state index contributed by atoms with van der Waals surface area (Å²) >= 11 is 0. The number of fused-ring (bicyclic) bond motifs is 1. The Morgan fingerprint density at radius 3 is 3.10 bits per heavy atom. The summed E-state index contributed by atoms with van der Waals surface area (Å²) in [5.41, 5.74) is 2.15. The number of nitrogens with one attached hydrogen (secondary N) is 2. The minimum absolute atomic E-state index is 0.00237. The molecule has 21 heavy (non-hydrogen) atoms. The fourth-order valence-electron chi connectivity index (χ4n) is 2.64. The maximum absolute atomic E-state index is 12.3. The van der Waals surface area contributed by atoms with Crippen molar-refractivity contribution in [1.82, 2.24) is 9.97 Å². The molecule has 1 atom stereocenters. The molecule has 0 bridgehead atoms. The molecule has 0 amide bonds. The lowest BCUT2D eigenvalue weighted by molar-refractivity contribution is 0.0306. The minimum Gasteiger partial charge on any atom is -0.377 e. The Labute approximate surface area is 124 Å². The number of anilines is 1. The molecule has 7 heteroatoms. The first-order chi connectivity index (χ1) is 10.1. The van der Waals surface area contributed by atoms with Crippen LogP contribution < -0.4 is 4.72 Å². The van der Waals surface area contributed by atoms with Crippen molar-refractivity contribution in [3.63, 3.8) is 0 Å². The van der Waals surface area contributed by atoms with Crippen molar-refractivity contribution in [3.05, 3.63) is 24.0 Å². The molecule has 2 N–H and O–H groups in total. The zero-order valence-electron chi connectivity index (χ0n) is 11.9. The maximum atomic E-state index is 12.3. The van der Waals surface area contributed by atoms with Gasteiger partial charge in [0.25, 0.3) is 0 Å². The molecule has 0 aromatic carbocycles. The normalized spacial score (nSPS) is 19.8. The molecule has 0 saturated carbocycles. The Bertz CT molecular complexity index is 733. The van der Waals surface area contributed by atoms with Crippen LogP contribution in [0.4, 0.5) is 5.69 Å². The number of hydrogen-bond donors (Lipinski definition) is 2. The number of rotatable bonds is 4. The maximum Gasteiger partial charge on any atom is 0.235 e. The molecule has 3 heterocycles. The van der Waals surface area contributed by atoms with Crippen molar-refractivity contribution >= 4 is 26.7 Å². The first-order valence-corrected chi connectivity index (χ1v) is 8.75. The van der Waals surface area contributed by atoms with E-state index in [1.807, 2.05) is 13.0 Å². The standard InChI is InChI=1S/C14H19N3O3S/c1-10-12-5-6-15-14(12)16-8-13(10)17-21(18,19)9-11-4-2-3-7-20-11/h5-6,8,11,17H,2-4,7,9H2,1H3,(H,15,16)/t11-/m1/s1. The van der Waals surface area contributed by atoms with Crippen LogP contribution in [0.25, 0.3) is 11.0 Å². The highest BCUT2D eigenvalue weighted by Crippen LogP contribution is 2.24. The molecule has 114 valence electrons. The lowest BCUT2D eigenvalue weighted by atomic mass is 10.1. The van der Waals surface area contributed by atoms with E-state index in [-0.39, 0.29) is 11.9 Å². The Kier molecular flexibility index (Phi) is 3.86. The molecule has 0 aliphatic carbocycles. The Hall–Kier alpha value is -1.60. The SMILES string of the molecule is Cc1c(NS(=O)(=O)C[C@H]2CCCCO2)cnc2[nH]ccc12. The smallest absolute Gasteiger partial charge is 0.235 e. The van der Waals surface area contributed by atoms with Crippen LogP contribution >= 0.6 is 0 Å². The fourth-order valence-corrected chi connectivity index (χ4v) is 4.01. The summed E-state index contributed by atoms with van der Waals surface area (Å²) in [4.78, 5) is 7.23. The van der Waals surface area contributed by atoms with Gasteiger partial charge in [-0.05, 0) is 37.8 Å². The van der Waals surface area contributed by atoms with Crippen LogP contribution in [0.3, 0.4) is 0 Å². The van der Waals surface area contributed by atoms with E-state index in [4.69, 9.17) is 4.74 Å². The van der Waals surface area contributed by atoms with Gasteiger partial charge in [0.2, 0.25) is 10.0 Å². The van der Waals surface area contributed by atoms with Gasteiger partial charge in [0.1, 0.15) is 5.65 Å². The Balaban J connectivity index is 1.78. The highest BCUT2D eigenvalue weighted by molar-refractivity contribution is 7.92. The first-order valence-electron chi connectivity index (χ1n) is 7.10. The zero-order chi connectivity index (χ0) is 14.9. The van der Waals surface area contributed by atoms with Gasteiger partial charge in [0.15, 0.2) is 0 Å². The number of ether oxygens (including phenoxy) is 1. The highest BCUT2D eigenvalue weighted by Gasteiger charge is 2.22. The number of nitrogens with zero attached hydrogens (tertiary/aromatic N) is 1. The molecule has 1 aliphatic heterocycles. The second-order valence-corrected chi connectivity index (χ2v) is 7.18. The van der Waals surface area contributed by atoms with E-state index >= 15 is 0 Å². The molecule has 0 spiro atoms. The third-order valence-electron chi connectivity index (χ3n) is 3.80. The predicted octanol–water partition coefficient (Wildman–Crippen LogP) is 2.18. The van der Waals surface area contributed by atoms with Crippen LogP contribution in [0.2, 0.25) is 0 Å². The Morgan fingerprint density at radius 2 is 2.33 bits per heavy atom. The molecule has 1 saturated heterocycles. The van der Waals surface area contributed by atoms with Crippen LogP contribution in [0.1, 0.15) is 24.8 Å². The number of aromatic nitrogens is 2. The van der Waals surface area contributed by atoms with Crippen molar-refractivity contribution in [2.45, 2.75) is 32.3 Å². The molecule has 3 rings (SSSR count). The van der Waals surface area contributed by atoms with Crippen molar-refractivity contribution in [2.24, 2.45) is 0 Å². The van der Waals surface area contributed by atoms with Crippen molar-refractivity contribution in [1.29, 1.82) is 0 Å². The van der Waals surface area contributed by atoms with Gasteiger partial charge < -0.3 is 9.72 Å². The van der Waals surface area contributed by atoms with E-state index in [1.165, 1.54) is 0 Å². The van der Waals surface area contributed by atoms with E-state index in [0.29, 0.717) is 12.3 Å². The third-order valence-corrected chi connectivity index (χ3v) is 5.14. The van der Waals surface area contributed by atoms with Crippen LogP contribution in [0.15, 0.2) is 18.5 Å². The first kappa shape index (κ1) is 14.3. The van der Waals surface area contributed by atoms with Crippen LogP contribution in [0.5, 0.6) is 0 Å². The number of sulfonamides is 1. The molecule has 2 aromatic rings. The van der Waals surface area contributed by atoms with Crippen LogP contribution in [-0.2, 0) is 14.8 Å². The number of aromatic amines is 1. The second kappa shape index (κ2) is 5.65. The topological polar surface area (TPSA) is 84.1 Å². The second-order valence-electron chi connectivity index (χ2n) is 5.41. The number of pyridine rings is 1. The van der Waals surface area contributed by atoms with Crippen molar-refractivity contribution in [3.8, 4) is 0 Å².